The minimum atomic E-state index is -0.622. The predicted molar refractivity (Wildman–Crippen MR) is 124 cm³/mol. The molecular formula is C25H23ClN2O4. The fraction of sp³-hybridized carbons (Fsp3) is 0.200. The van der Waals surface area contributed by atoms with Crippen LogP contribution in [-0.4, -0.2) is 38.0 Å². The zero-order valence-corrected chi connectivity index (χ0v) is 18.7. The minimum Gasteiger partial charge on any atom is -0.497 e. The molecule has 7 heteroatoms. The molecule has 1 N–H and O–H groups in total. The molecule has 0 fully saturated rings. The molecule has 0 saturated carbocycles. The first kappa shape index (κ1) is 21.7. The molecule has 3 aromatic carbocycles. The monoisotopic (exact) mass is 450 g/mol. The Morgan fingerprint density at radius 2 is 1.72 bits per heavy atom. The number of anilines is 1. The summed E-state index contributed by atoms with van der Waals surface area (Å²) < 4.78 is 10.4. The van der Waals surface area contributed by atoms with Gasteiger partial charge in [0.2, 0.25) is 5.91 Å². The zero-order chi connectivity index (χ0) is 22.8. The summed E-state index contributed by atoms with van der Waals surface area (Å²) in [5, 5.41) is 3.36. The quantitative estimate of drug-likeness (QED) is 0.600. The second-order valence-electron chi connectivity index (χ2n) is 7.54. The van der Waals surface area contributed by atoms with E-state index in [9.17, 15) is 9.59 Å². The molecule has 0 bridgehead atoms. The number of halogens is 1. The van der Waals surface area contributed by atoms with Crippen molar-refractivity contribution >= 4 is 29.1 Å². The fourth-order valence-corrected chi connectivity index (χ4v) is 4.40. The largest absolute Gasteiger partial charge is 0.497 e. The summed E-state index contributed by atoms with van der Waals surface area (Å²) in [5.74, 6) is 0.238. The van der Waals surface area contributed by atoms with Gasteiger partial charge in [-0.15, -0.1) is 0 Å². The van der Waals surface area contributed by atoms with Crippen molar-refractivity contribution in [3.63, 3.8) is 0 Å². The highest BCUT2D eigenvalue weighted by Crippen LogP contribution is 2.43. The number of hydrogen-bond acceptors (Lipinski definition) is 4. The van der Waals surface area contributed by atoms with Gasteiger partial charge in [-0.05, 0) is 47.5 Å². The normalized spacial score (nSPS) is 17.5. The number of methoxy groups -OCH3 is 2. The molecule has 0 aliphatic carbocycles. The van der Waals surface area contributed by atoms with Crippen LogP contribution in [0.25, 0.3) is 0 Å². The highest BCUT2D eigenvalue weighted by Gasteiger charge is 2.42. The smallest absolute Gasteiger partial charge is 0.254 e. The van der Waals surface area contributed by atoms with E-state index in [1.165, 1.54) is 7.11 Å². The number of nitrogens with zero attached hydrogens (tertiary/aromatic N) is 1. The molecular weight excluding hydrogens is 428 g/mol. The number of rotatable bonds is 5. The van der Waals surface area contributed by atoms with Crippen molar-refractivity contribution in [3.05, 3.63) is 88.4 Å². The average Bonchev–Trinajstić information content (AvgIpc) is 2.81. The lowest BCUT2D eigenvalue weighted by Crippen LogP contribution is -2.44. The first-order chi connectivity index (χ1) is 15.4. The fourth-order valence-electron chi connectivity index (χ4n) is 4.14. The lowest BCUT2D eigenvalue weighted by atomic mass is 9.79. The summed E-state index contributed by atoms with van der Waals surface area (Å²) in [6.45, 7) is 0. The topological polar surface area (TPSA) is 67.9 Å². The third-order valence-electron chi connectivity index (χ3n) is 5.74. The zero-order valence-electron chi connectivity index (χ0n) is 18.0. The third-order valence-corrected chi connectivity index (χ3v) is 6.03. The molecule has 0 aromatic heterocycles. The van der Waals surface area contributed by atoms with Gasteiger partial charge in [-0.25, -0.2) is 0 Å². The summed E-state index contributed by atoms with van der Waals surface area (Å²) in [6, 6.07) is 19.2. The molecule has 32 heavy (non-hydrogen) atoms. The first-order valence-electron chi connectivity index (χ1n) is 10.1. The summed E-state index contributed by atoms with van der Waals surface area (Å²) in [5.41, 5.74) is 2.59. The Morgan fingerprint density at radius 1 is 1.00 bits per heavy atom. The van der Waals surface area contributed by atoms with Gasteiger partial charge in [-0.3, -0.25) is 9.59 Å². The van der Waals surface area contributed by atoms with Crippen LogP contribution < -0.4 is 14.8 Å². The highest BCUT2D eigenvalue weighted by atomic mass is 35.5. The molecule has 1 heterocycles. The van der Waals surface area contributed by atoms with Crippen molar-refractivity contribution in [2.45, 2.75) is 12.0 Å². The Labute approximate surface area is 191 Å². The van der Waals surface area contributed by atoms with Crippen molar-refractivity contribution in [2.75, 3.05) is 26.6 Å². The van der Waals surface area contributed by atoms with Crippen LogP contribution >= 0.6 is 11.6 Å². The number of carbonyl (C=O) groups is 2. The molecule has 4 rings (SSSR count). The standard InChI is InChI=1S/C25H23ClN2O4/c1-28-23(15-8-11-17(31-2)12-9-15)22(18-6-4-5-7-19(18)25(28)30)24(29)27-16-10-13-21(32-3)20(26)14-16/h4-14,22-23H,1-3H3,(H,27,29)/t22-,23-/m1/s1. The maximum Gasteiger partial charge on any atom is 0.254 e. The van der Waals surface area contributed by atoms with E-state index in [-0.39, 0.29) is 11.8 Å². The number of fused-ring (bicyclic) bond motifs is 1. The lowest BCUT2D eigenvalue weighted by molar-refractivity contribution is -0.119. The summed E-state index contributed by atoms with van der Waals surface area (Å²) in [6.07, 6.45) is 0. The van der Waals surface area contributed by atoms with Crippen LogP contribution in [0.3, 0.4) is 0 Å². The van der Waals surface area contributed by atoms with Gasteiger partial charge in [0.05, 0.1) is 31.2 Å². The van der Waals surface area contributed by atoms with Gasteiger partial charge in [0, 0.05) is 18.3 Å². The Bertz CT molecular complexity index is 1160. The van der Waals surface area contributed by atoms with Crippen molar-refractivity contribution in [3.8, 4) is 11.5 Å². The van der Waals surface area contributed by atoms with Crippen molar-refractivity contribution in [2.24, 2.45) is 0 Å². The second kappa shape index (κ2) is 8.93. The predicted octanol–water partition coefficient (Wildman–Crippen LogP) is 4.91. The molecule has 164 valence electrons. The van der Waals surface area contributed by atoms with Gasteiger partial charge < -0.3 is 19.7 Å². The van der Waals surface area contributed by atoms with Crippen LogP contribution in [0.2, 0.25) is 5.02 Å². The molecule has 0 saturated heterocycles. The van der Waals surface area contributed by atoms with Crippen LogP contribution in [0.5, 0.6) is 11.5 Å². The van der Waals surface area contributed by atoms with Gasteiger partial charge in [0.15, 0.2) is 0 Å². The molecule has 3 aromatic rings. The van der Waals surface area contributed by atoms with Gasteiger partial charge in [0.25, 0.3) is 5.91 Å². The Balaban J connectivity index is 1.76. The SMILES string of the molecule is COc1ccc([C@@H]2[C@H](C(=O)Nc3ccc(OC)c(Cl)c3)c3ccccc3C(=O)N2C)cc1. The molecule has 1 aliphatic heterocycles. The highest BCUT2D eigenvalue weighted by molar-refractivity contribution is 6.32. The van der Waals surface area contributed by atoms with Gasteiger partial charge in [-0.2, -0.15) is 0 Å². The molecule has 1 aliphatic rings. The summed E-state index contributed by atoms with van der Waals surface area (Å²) in [4.78, 5) is 28.3. The maximum atomic E-state index is 13.6. The maximum absolute atomic E-state index is 13.6. The van der Waals surface area contributed by atoms with Gasteiger partial charge in [0.1, 0.15) is 11.5 Å². The van der Waals surface area contributed by atoms with Gasteiger partial charge in [-0.1, -0.05) is 41.9 Å². The Kier molecular flexibility index (Phi) is 6.06. The van der Waals surface area contributed by atoms with Crippen molar-refractivity contribution in [1.82, 2.24) is 4.90 Å². The third kappa shape index (κ3) is 3.89. The first-order valence-corrected chi connectivity index (χ1v) is 10.5. The molecule has 0 radical (unpaired) electrons. The number of amides is 2. The lowest BCUT2D eigenvalue weighted by Gasteiger charge is -2.39. The molecule has 0 unspecified atom stereocenters. The van der Waals surface area contributed by atoms with Crippen molar-refractivity contribution in [1.29, 1.82) is 0 Å². The number of likely N-dealkylation sites (N-methyl/N-ethyl adjacent to an activating group) is 1. The number of hydrogen-bond donors (Lipinski definition) is 1. The summed E-state index contributed by atoms with van der Waals surface area (Å²) >= 11 is 6.23. The van der Waals surface area contributed by atoms with E-state index >= 15 is 0 Å². The van der Waals surface area contributed by atoms with E-state index in [0.717, 1.165) is 5.56 Å². The van der Waals surface area contributed by atoms with Crippen LogP contribution in [0.1, 0.15) is 33.4 Å². The van der Waals surface area contributed by atoms with E-state index in [0.29, 0.717) is 33.3 Å². The minimum absolute atomic E-state index is 0.127. The summed E-state index contributed by atoms with van der Waals surface area (Å²) in [7, 11) is 4.85. The number of nitrogens with one attached hydrogen (secondary N) is 1. The van der Waals surface area contributed by atoms with E-state index in [2.05, 4.69) is 5.32 Å². The Morgan fingerprint density at radius 3 is 2.38 bits per heavy atom. The second-order valence-corrected chi connectivity index (χ2v) is 7.94. The molecule has 0 spiro atoms. The molecule has 2 atom stereocenters. The van der Waals surface area contributed by atoms with Crippen molar-refractivity contribution < 1.29 is 19.1 Å². The number of ether oxygens (including phenoxy) is 2. The van der Waals surface area contributed by atoms with Crippen LogP contribution in [-0.2, 0) is 4.79 Å². The average molecular weight is 451 g/mol. The van der Waals surface area contributed by atoms with Crippen LogP contribution in [0.4, 0.5) is 5.69 Å². The van der Waals surface area contributed by atoms with E-state index in [1.807, 2.05) is 36.4 Å². The molecule has 2 amide bonds. The molecule has 6 nitrogen and oxygen atoms in total. The van der Waals surface area contributed by atoms with E-state index in [4.69, 9.17) is 21.1 Å². The Hall–Kier alpha value is -3.51. The van der Waals surface area contributed by atoms with E-state index in [1.54, 1.807) is 49.4 Å². The number of carbonyl (C=O) groups excluding carboxylic acids is 2. The van der Waals surface area contributed by atoms with Crippen LogP contribution in [0.15, 0.2) is 66.7 Å². The number of benzene rings is 3. The van der Waals surface area contributed by atoms with Crippen LogP contribution in [0, 0.1) is 0 Å². The van der Waals surface area contributed by atoms with E-state index < -0.39 is 12.0 Å². The van der Waals surface area contributed by atoms with Gasteiger partial charge >= 0.3 is 0 Å².